The van der Waals surface area contributed by atoms with Gasteiger partial charge in [-0.15, -0.1) is 0 Å². The Morgan fingerprint density at radius 3 is 2.12 bits per heavy atom. The van der Waals surface area contributed by atoms with E-state index in [0.29, 0.717) is 23.1 Å². The third kappa shape index (κ3) is 5.99. The molecule has 0 radical (unpaired) electrons. The molecule has 1 aliphatic carbocycles. The first-order valence-electron chi connectivity index (χ1n) is 12.4. The van der Waals surface area contributed by atoms with Crippen LogP contribution in [-0.2, 0) is 11.2 Å². The minimum Gasteiger partial charge on any atom is -0.378 e. The molecular weight excluding hydrogens is 392 g/mol. The summed E-state index contributed by atoms with van der Waals surface area (Å²) < 4.78 is 6.13. The van der Waals surface area contributed by atoms with Crippen LogP contribution in [-0.4, -0.2) is 12.7 Å². The molecule has 0 aromatic heterocycles. The van der Waals surface area contributed by atoms with Gasteiger partial charge in [-0.1, -0.05) is 75.9 Å². The highest BCUT2D eigenvalue weighted by Crippen LogP contribution is 2.38. The third-order valence-electron chi connectivity index (χ3n) is 6.85. The van der Waals surface area contributed by atoms with Gasteiger partial charge in [0.1, 0.15) is 12.1 Å². The van der Waals surface area contributed by atoms with Crippen molar-refractivity contribution in [3.63, 3.8) is 0 Å². The van der Waals surface area contributed by atoms with Crippen molar-refractivity contribution in [1.29, 1.82) is 10.5 Å². The van der Waals surface area contributed by atoms with Gasteiger partial charge in [0, 0.05) is 12.2 Å². The monoisotopic (exact) mass is 428 g/mol. The van der Waals surface area contributed by atoms with Crippen molar-refractivity contribution in [2.45, 2.75) is 90.1 Å². The van der Waals surface area contributed by atoms with E-state index >= 15 is 0 Å². The molecule has 0 amide bonds. The van der Waals surface area contributed by atoms with E-state index in [0.717, 1.165) is 61.8 Å². The number of unbranched alkanes of at least 4 members (excludes halogenated alkanes) is 4. The van der Waals surface area contributed by atoms with E-state index in [4.69, 9.17) is 4.74 Å². The number of hydrogen-bond donors (Lipinski definition) is 0. The van der Waals surface area contributed by atoms with Crippen LogP contribution in [0.3, 0.4) is 0 Å². The van der Waals surface area contributed by atoms with Gasteiger partial charge in [-0.3, -0.25) is 0 Å². The van der Waals surface area contributed by atoms with Crippen molar-refractivity contribution in [2.75, 3.05) is 6.61 Å². The van der Waals surface area contributed by atoms with Crippen LogP contribution in [0.15, 0.2) is 36.4 Å². The molecule has 3 nitrogen and oxygen atoms in total. The Labute approximate surface area is 194 Å². The van der Waals surface area contributed by atoms with Crippen molar-refractivity contribution in [3.8, 4) is 23.3 Å². The summed E-state index contributed by atoms with van der Waals surface area (Å²) in [6, 6.07) is 17.1. The van der Waals surface area contributed by atoms with Crippen LogP contribution in [0, 0.1) is 22.7 Å². The summed E-state index contributed by atoms with van der Waals surface area (Å²) in [5, 5.41) is 19.9. The second-order valence-corrected chi connectivity index (χ2v) is 8.99. The van der Waals surface area contributed by atoms with Gasteiger partial charge in [-0.05, 0) is 61.1 Å². The molecular formula is C29H36N2O. The number of aryl methyl sites for hydroxylation is 1. The van der Waals surface area contributed by atoms with Crippen LogP contribution in [0.2, 0.25) is 0 Å². The lowest BCUT2D eigenvalue weighted by molar-refractivity contribution is 0.0226. The fourth-order valence-electron chi connectivity index (χ4n) is 4.85. The van der Waals surface area contributed by atoms with Gasteiger partial charge in [0.15, 0.2) is 0 Å². The van der Waals surface area contributed by atoms with Crippen LogP contribution < -0.4 is 0 Å². The van der Waals surface area contributed by atoms with Crippen LogP contribution in [0.4, 0.5) is 0 Å². The van der Waals surface area contributed by atoms with E-state index in [1.807, 2.05) is 6.07 Å². The molecule has 168 valence electrons. The third-order valence-corrected chi connectivity index (χ3v) is 6.85. The second-order valence-electron chi connectivity index (χ2n) is 8.99. The Hall–Kier alpha value is -2.62. The topological polar surface area (TPSA) is 56.8 Å². The van der Waals surface area contributed by atoms with Gasteiger partial charge in [-0.2, -0.15) is 10.5 Å². The van der Waals surface area contributed by atoms with Crippen molar-refractivity contribution in [1.82, 2.24) is 0 Å². The van der Waals surface area contributed by atoms with Gasteiger partial charge in [-0.25, -0.2) is 0 Å². The summed E-state index contributed by atoms with van der Waals surface area (Å²) in [5.74, 6) is 0.331. The lowest BCUT2D eigenvalue weighted by Gasteiger charge is -2.29. The summed E-state index contributed by atoms with van der Waals surface area (Å²) >= 11 is 0. The molecule has 2 aromatic rings. The fourth-order valence-corrected chi connectivity index (χ4v) is 4.85. The lowest BCUT2D eigenvalue weighted by atomic mass is 9.79. The number of hydrogen-bond acceptors (Lipinski definition) is 3. The summed E-state index contributed by atoms with van der Waals surface area (Å²) in [6.07, 6.45) is 11.8. The highest BCUT2D eigenvalue weighted by atomic mass is 16.5. The predicted octanol–water partition coefficient (Wildman–Crippen LogP) is 7.67. The molecule has 1 fully saturated rings. The molecule has 0 heterocycles. The molecule has 0 N–H and O–H groups in total. The van der Waals surface area contributed by atoms with Crippen molar-refractivity contribution >= 4 is 0 Å². The SMILES string of the molecule is CCCCCCCO[C@H]1CC[C@H](c2ccc(-c3ccc(CC)cc3)c(C#N)c2C#N)CC1. The minimum absolute atomic E-state index is 0.331. The summed E-state index contributed by atoms with van der Waals surface area (Å²) in [4.78, 5) is 0. The molecule has 3 rings (SSSR count). The van der Waals surface area contributed by atoms with Gasteiger partial charge in [0.05, 0.1) is 17.2 Å². The number of benzene rings is 2. The first-order valence-corrected chi connectivity index (χ1v) is 12.4. The van der Waals surface area contributed by atoms with Gasteiger partial charge < -0.3 is 4.74 Å². The minimum atomic E-state index is 0.331. The Morgan fingerprint density at radius 2 is 1.50 bits per heavy atom. The van der Waals surface area contributed by atoms with Crippen molar-refractivity contribution in [2.24, 2.45) is 0 Å². The maximum Gasteiger partial charge on any atom is 0.101 e. The quantitative estimate of drug-likeness (QED) is 0.365. The highest BCUT2D eigenvalue weighted by molar-refractivity contribution is 5.75. The van der Waals surface area contributed by atoms with Crippen LogP contribution >= 0.6 is 0 Å². The zero-order valence-electron chi connectivity index (χ0n) is 19.7. The smallest absolute Gasteiger partial charge is 0.101 e. The largest absolute Gasteiger partial charge is 0.378 e. The summed E-state index contributed by atoms with van der Waals surface area (Å²) in [5.41, 5.74) is 5.23. The Balaban J connectivity index is 1.66. The van der Waals surface area contributed by atoms with E-state index in [1.165, 1.54) is 31.2 Å². The number of nitriles is 2. The number of rotatable bonds is 10. The molecule has 0 saturated heterocycles. The van der Waals surface area contributed by atoms with Gasteiger partial charge >= 0.3 is 0 Å². The van der Waals surface area contributed by atoms with Crippen molar-refractivity contribution in [3.05, 3.63) is 58.7 Å². The number of ether oxygens (including phenoxy) is 1. The summed E-state index contributed by atoms with van der Waals surface area (Å²) in [7, 11) is 0. The molecule has 0 unspecified atom stereocenters. The van der Waals surface area contributed by atoms with E-state index < -0.39 is 0 Å². The van der Waals surface area contributed by atoms with E-state index in [-0.39, 0.29) is 0 Å². The molecule has 2 aromatic carbocycles. The Kier molecular flexibility index (Phi) is 9.33. The number of nitrogens with zero attached hydrogens (tertiary/aromatic N) is 2. The lowest BCUT2D eigenvalue weighted by Crippen LogP contribution is -2.22. The van der Waals surface area contributed by atoms with E-state index in [1.54, 1.807) is 0 Å². The molecule has 32 heavy (non-hydrogen) atoms. The average molecular weight is 429 g/mol. The van der Waals surface area contributed by atoms with Crippen LogP contribution in [0.5, 0.6) is 0 Å². The zero-order chi connectivity index (χ0) is 22.8. The molecule has 1 aliphatic rings. The first-order chi connectivity index (χ1) is 15.7. The van der Waals surface area contributed by atoms with Crippen molar-refractivity contribution < 1.29 is 4.74 Å². The zero-order valence-corrected chi connectivity index (χ0v) is 19.7. The second kappa shape index (κ2) is 12.4. The van der Waals surface area contributed by atoms with Gasteiger partial charge in [0.25, 0.3) is 0 Å². The van der Waals surface area contributed by atoms with E-state index in [2.05, 4.69) is 56.3 Å². The van der Waals surface area contributed by atoms with Crippen LogP contribution in [0.1, 0.15) is 99.8 Å². The van der Waals surface area contributed by atoms with Crippen LogP contribution in [0.25, 0.3) is 11.1 Å². The molecule has 0 aliphatic heterocycles. The molecule has 0 spiro atoms. The normalized spacial score (nSPS) is 18.1. The molecule has 3 heteroatoms. The standard InChI is InChI=1S/C29H36N2O/c1-3-5-6-7-8-19-32-25-15-13-24(14-16-25)27-18-17-26(28(20-30)29(27)21-31)23-11-9-22(4-2)10-12-23/h9-12,17-18,24-25H,3-8,13-16,19H2,1-2H3/t24-,25-. The maximum absolute atomic E-state index is 9.95. The van der Waals surface area contributed by atoms with E-state index in [9.17, 15) is 10.5 Å². The first kappa shape index (κ1) is 24.0. The molecule has 0 bridgehead atoms. The predicted molar refractivity (Wildman–Crippen MR) is 130 cm³/mol. The molecule has 1 saturated carbocycles. The fraction of sp³-hybridized carbons (Fsp3) is 0.517. The maximum atomic E-state index is 9.95. The average Bonchev–Trinajstić information content (AvgIpc) is 2.85. The highest BCUT2D eigenvalue weighted by Gasteiger charge is 2.26. The Bertz CT molecular complexity index is 941. The van der Waals surface area contributed by atoms with Gasteiger partial charge in [0.2, 0.25) is 0 Å². The molecule has 0 atom stereocenters. The Morgan fingerprint density at radius 1 is 0.812 bits per heavy atom. The summed E-state index contributed by atoms with van der Waals surface area (Å²) in [6.45, 7) is 5.24.